The van der Waals surface area contributed by atoms with Crippen molar-refractivity contribution in [2.75, 3.05) is 18.5 Å². The lowest BCUT2D eigenvalue weighted by Gasteiger charge is -2.21. The number of halogens is 3. The molecule has 1 aromatic heterocycles. The molecule has 6 nitrogen and oxygen atoms in total. The molecule has 150 valence electrons. The lowest BCUT2D eigenvalue weighted by Crippen LogP contribution is -2.39. The van der Waals surface area contributed by atoms with E-state index in [2.05, 4.69) is 27.8 Å². The second kappa shape index (κ2) is 8.10. The molecule has 0 atom stereocenters. The summed E-state index contributed by atoms with van der Waals surface area (Å²) in [5.74, 6) is 0.423. The number of nitrogens with zero attached hydrogens (tertiary/aromatic N) is 2. The third kappa shape index (κ3) is 4.57. The van der Waals surface area contributed by atoms with Crippen LogP contribution in [0.25, 0.3) is 0 Å². The quantitative estimate of drug-likeness (QED) is 0.786. The average Bonchev–Trinajstić information content (AvgIpc) is 2.65. The zero-order valence-corrected chi connectivity index (χ0v) is 15.6. The van der Waals surface area contributed by atoms with E-state index >= 15 is 0 Å². The summed E-state index contributed by atoms with van der Waals surface area (Å²) in [6.07, 6.45) is -3.84. The maximum atomic E-state index is 12.8. The Balaban J connectivity index is 1.83. The van der Waals surface area contributed by atoms with E-state index < -0.39 is 11.7 Å². The summed E-state index contributed by atoms with van der Waals surface area (Å²) in [4.78, 5) is 22.9. The number of aromatic nitrogens is 2. The van der Waals surface area contributed by atoms with Gasteiger partial charge >= 0.3 is 6.18 Å². The highest BCUT2D eigenvalue weighted by atomic mass is 19.4. The first-order chi connectivity index (χ1) is 13.3. The maximum Gasteiger partial charge on any atom is 0.424 e. The minimum Gasteiger partial charge on any atom is -0.407 e. The SMILES string of the molecule is CC(C)COn1c(NCc2c#cc(C(F)(F)F)cc2)nc2c(c1=O)CNCC2. The molecule has 0 aliphatic carbocycles. The molecule has 0 spiro atoms. The van der Waals surface area contributed by atoms with Crippen molar-refractivity contribution in [3.63, 3.8) is 0 Å². The third-order valence-electron chi connectivity index (χ3n) is 4.15. The summed E-state index contributed by atoms with van der Waals surface area (Å²) in [5.41, 5.74) is 0.543. The second-order valence-corrected chi connectivity index (χ2v) is 6.95. The van der Waals surface area contributed by atoms with Crippen LogP contribution in [-0.4, -0.2) is 22.9 Å². The molecule has 2 heterocycles. The first kappa shape index (κ1) is 20.0. The predicted molar refractivity (Wildman–Crippen MR) is 96.6 cm³/mol. The van der Waals surface area contributed by atoms with E-state index in [-0.39, 0.29) is 24.0 Å². The molecule has 0 saturated heterocycles. The van der Waals surface area contributed by atoms with E-state index in [1.165, 1.54) is 6.07 Å². The highest BCUT2D eigenvalue weighted by Gasteiger charge is 2.30. The molecule has 3 rings (SSSR count). The molecule has 1 aromatic carbocycles. The summed E-state index contributed by atoms with van der Waals surface area (Å²) in [7, 11) is 0. The van der Waals surface area contributed by atoms with Crippen molar-refractivity contribution < 1.29 is 18.0 Å². The Morgan fingerprint density at radius 1 is 1.36 bits per heavy atom. The Morgan fingerprint density at radius 3 is 2.79 bits per heavy atom. The number of rotatable bonds is 6. The second-order valence-electron chi connectivity index (χ2n) is 6.95. The standard InChI is InChI=1S/C19H21F3N4O2/c1-12(2)11-28-26-17(27)15-10-23-8-7-16(15)25-18(26)24-9-13-3-5-14(6-4-13)19(20,21)22/h3,5,12,23H,7-11H2,1-2H3,(H,24,25). The molecule has 2 aromatic rings. The molecule has 0 radical (unpaired) electrons. The molecule has 0 bridgehead atoms. The lowest BCUT2D eigenvalue weighted by atomic mass is 10.1. The van der Waals surface area contributed by atoms with Gasteiger partial charge in [-0.3, -0.25) is 4.79 Å². The summed E-state index contributed by atoms with van der Waals surface area (Å²) in [6.45, 7) is 5.51. The van der Waals surface area contributed by atoms with Crippen molar-refractivity contribution in [2.24, 2.45) is 5.92 Å². The molecule has 0 amide bonds. The van der Waals surface area contributed by atoms with Crippen LogP contribution in [0.4, 0.5) is 19.1 Å². The van der Waals surface area contributed by atoms with E-state index in [0.29, 0.717) is 36.4 Å². The zero-order chi connectivity index (χ0) is 20.3. The summed E-state index contributed by atoms with van der Waals surface area (Å²) < 4.78 is 39.0. The van der Waals surface area contributed by atoms with Crippen LogP contribution < -0.4 is 21.0 Å². The van der Waals surface area contributed by atoms with Gasteiger partial charge in [0.25, 0.3) is 5.56 Å². The van der Waals surface area contributed by atoms with Gasteiger partial charge in [0.1, 0.15) is 12.2 Å². The van der Waals surface area contributed by atoms with Gasteiger partial charge in [-0.15, -0.1) is 4.73 Å². The fraction of sp³-hybridized carbons (Fsp3) is 0.474. The maximum absolute atomic E-state index is 12.8. The number of hydrogen-bond donors (Lipinski definition) is 2. The Bertz CT molecular complexity index is 876. The molecular weight excluding hydrogens is 373 g/mol. The van der Waals surface area contributed by atoms with E-state index in [1.54, 1.807) is 0 Å². The molecule has 0 unspecified atom stereocenters. The zero-order valence-electron chi connectivity index (χ0n) is 15.6. The Morgan fingerprint density at radius 2 is 2.14 bits per heavy atom. The minimum atomic E-state index is -4.46. The third-order valence-corrected chi connectivity index (χ3v) is 4.15. The van der Waals surface area contributed by atoms with E-state index in [4.69, 9.17) is 4.84 Å². The van der Waals surface area contributed by atoms with Gasteiger partial charge in [-0.05, 0) is 18.1 Å². The minimum absolute atomic E-state index is 0.128. The highest BCUT2D eigenvalue weighted by Crippen LogP contribution is 2.27. The van der Waals surface area contributed by atoms with Crippen LogP contribution in [0, 0.1) is 18.1 Å². The van der Waals surface area contributed by atoms with E-state index in [1.807, 2.05) is 13.8 Å². The molecule has 1 aliphatic heterocycles. The monoisotopic (exact) mass is 394 g/mol. The Labute approximate surface area is 160 Å². The van der Waals surface area contributed by atoms with Gasteiger partial charge in [-0.2, -0.15) is 13.2 Å². The topological polar surface area (TPSA) is 68.2 Å². The smallest absolute Gasteiger partial charge is 0.407 e. The van der Waals surface area contributed by atoms with Crippen LogP contribution in [0.3, 0.4) is 0 Å². The van der Waals surface area contributed by atoms with Crippen LogP contribution in [0.1, 0.15) is 36.2 Å². The number of alkyl halides is 3. The van der Waals surface area contributed by atoms with Gasteiger partial charge in [0.05, 0.1) is 17.8 Å². The van der Waals surface area contributed by atoms with Crippen LogP contribution in [-0.2, 0) is 25.7 Å². The van der Waals surface area contributed by atoms with Gasteiger partial charge in [-0.25, -0.2) is 4.98 Å². The van der Waals surface area contributed by atoms with Gasteiger partial charge in [0.2, 0.25) is 5.95 Å². The van der Waals surface area contributed by atoms with Crippen LogP contribution in [0.2, 0.25) is 0 Å². The fourth-order valence-corrected chi connectivity index (χ4v) is 2.70. The van der Waals surface area contributed by atoms with Crippen molar-refractivity contribution >= 4 is 5.95 Å². The Kier molecular flexibility index (Phi) is 5.79. The van der Waals surface area contributed by atoms with Gasteiger partial charge in [0.15, 0.2) is 0 Å². The van der Waals surface area contributed by atoms with E-state index in [0.717, 1.165) is 17.3 Å². The number of hydrogen-bond acceptors (Lipinski definition) is 5. The normalized spacial score (nSPS) is 13.8. The van der Waals surface area contributed by atoms with Crippen LogP contribution in [0.15, 0.2) is 16.9 Å². The van der Waals surface area contributed by atoms with Crippen molar-refractivity contribution in [1.82, 2.24) is 15.0 Å². The van der Waals surface area contributed by atoms with Gasteiger partial charge < -0.3 is 15.5 Å². The first-order valence-electron chi connectivity index (χ1n) is 8.98. The summed E-state index contributed by atoms with van der Waals surface area (Å²) >= 11 is 0. The van der Waals surface area contributed by atoms with E-state index in [9.17, 15) is 18.0 Å². The average molecular weight is 394 g/mol. The number of nitrogens with one attached hydrogen (secondary N) is 2. The van der Waals surface area contributed by atoms with Crippen molar-refractivity contribution in [3.05, 3.63) is 57.0 Å². The fourth-order valence-electron chi connectivity index (χ4n) is 2.70. The molecule has 0 saturated carbocycles. The van der Waals surface area contributed by atoms with Gasteiger partial charge in [0, 0.05) is 25.1 Å². The molecule has 1 aliphatic rings. The van der Waals surface area contributed by atoms with Crippen LogP contribution in [0.5, 0.6) is 0 Å². The molecule has 28 heavy (non-hydrogen) atoms. The van der Waals surface area contributed by atoms with Crippen molar-refractivity contribution in [1.29, 1.82) is 0 Å². The number of anilines is 1. The summed E-state index contributed by atoms with van der Waals surface area (Å²) in [5, 5.41) is 6.11. The lowest BCUT2D eigenvalue weighted by molar-refractivity contribution is -0.137. The molecular formula is C19H21F3N4O2. The summed E-state index contributed by atoms with van der Waals surface area (Å²) in [6, 6.07) is 6.86. The predicted octanol–water partition coefficient (Wildman–Crippen LogP) is 2.20. The first-order valence-corrected chi connectivity index (χ1v) is 8.98. The van der Waals surface area contributed by atoms with Crippen molar-refractivity contribution in [3.8, 4) is 0 Å². The molecule has 9 heteroatoms. The molecule has 2 N–H and O–H groups in total. The van der Waals surface area contributed by atoms with Crippen molar-refractivity contribution in [2.45, 2.75) is 39.5 Å². The van der Waals surface area contributed by atoms with Crippen LogP contribution >= 0.6 is 0 Å². The largest absolute Gasteiger partial charge is 0.424 e. The number of fused-ring (bicyclic) bond motifs is 1. The van der Waals surface area contributed by atoms with Gasteiger partial charge in [-0.1, -0.05) is 26.0 Å². The molecule has 0 fully saturated rings. The highest BCUT2D eigenvalue weighted by molar-refractivity contribution is 5.33. The Hall–Kier alpha value is -2.73.